The van der Waals surface area contributed by atoms with Crippen LogP contribution >= 0.6 is 0 Å². The molecule has 19 heavy (non-hydrogen) atoms. The van der Waals surface area contributed by atoms with Crippen LogP contribution in [-0.4, -0.2) is 33.6 Å². The van der Waals surface area contributed by atoms with E-state index in [-0.39, 0.29) is 23.6 Å². The summed E-state index contributed by atoms with van der Waals surface area (Å²) in [6.07, 6.45) is 0. The van der Waals surface area contributed by atoms with Gasteiger partial charge in [0, 0.05) is 12.6 Å². The fraction of sp³-hybridized carbons (Fsp3) is 0.200. The maximum atomic E-state index is 13.5. The van der Waals surface area contributed by atoms with E-state index in [0.717, 1.165) is 12.1 Å². The molecule has 0 radical (unpaired) electrons. The first-order valence-electron chi connectivity index (χ1n) is 5.29. The summed E-state index contributed by atoms with van der Waals surface area (Å²) in [6, 6.07) is 1.89. The summed E-state index contributed by atoms with van der Waals surface area (Å²) in [5, 5.41) is 17.6. The van der Waals surface area contributed by atoms with E-state index in [9.17, 15) is 13.6 Å². The standard InChI is InChI=1S/C10H10F2N6O/c1-13-9-6(11)2-5(3-7(9)12)10(19)14-4-8-15-17-18-16-8/h2-3,13H,4H2,1H3,(H,14,19)(H,15,16,17,18). The quantitative estimate of drug-likeness (QED) is 0.748. The molecule has 0 atom stereocenters. The van der Waals surface area contributed by atoms with Crippen LogP contribution in [0.2, 0.25) is 0 Å². The van der Waals surface area contributed by atoms with Crippen molar-refractivity contribution in [3.63, 3.8) is 0 Å². The molecule has 1 aromatic carbocycles. The summed E-state index contributed by atoms with van der Waals surface area (Å²) in [6.45, 7) is 0.00630. The van der Waals surface area contributed by atoms with Crippen molar-refractivity contribution in [1.29, 1.82) is 0 Å². The number of nitrogens with one attached hydrogen (secondary N) is 3. The van der Waals surface area contributed by atoms with Gasteiger partial charge >= 0.3 is 0 Å². The van der Waals surface area contributed by atoms with Crippen LogP contribution in [0.3, 0.4) is 0 Å². The molecule has 2 rings (SSSR count). The number of aromatic nitrogens is 4. The van der Waals surface area contributed by atoms with Crippen LogP contribution in [0.25, 0.3) is 0 Å². The lowest BCUT2D eigenvalue weighted by Crippen LogP contribution is -2.24. The van der Waals surface area contributed by atoms with E-state index in [4.69, 9.17) is 0 Å². The molecule has 0 bridgehead atoms. The maximum Gasteiger partial charge on any atom is 0.251 e. The molecule has 100 valence electrons. The Kier molecular flexibility index (Phi) is 3.64. The molecule has 0 saturated heterocycles. The van der Waals surface area contributed by atoms with Crippen LogP contribution in [-0.2, 0) is 6.54 Å². The molecule has 9 heteroatoms. The highest BCUT2D eigenvalue weighted by Crippen LogP contribution is 2.20. The first-order chi connectivity index (χ1) is 9.11. The number of rotatable bonds is 4. The zero-order valence-electron chi connectivity index (χ0n) is 9.87. The molecular formula is C10H10F2N6O. The van der Waals surface area contributed by atoms with Gasteiger partial charge in [0.15, 0.2) is 5.82 Å². The van der Waals surface area contributed by atoms with Gasteiger partial charge in [-0.25, -0.2) is 8.78 Å². The van der Waals surface area contributed by atoms with Gasteiger partial charge in [-0.1, -0.05) is 5.21 Å². The second-order valence-electron chi connectivity index (χ2n) is 3.58. The zero-order chi connectivity index (χ0) is 13.8. The summed E-state index contributed by atoms with van der Waals surface area (Å²) < 4.78 is 26.9. The molecule has 0 unspecified atom stereocenters. The predicted molar refractivity (Wildman–Crippen MR) is 61.3 cm³/mol. The lowest BCUT2D eigenvalue weighted by molar-refractivity contribution is 0.0949. The van der Waals surface area contributed by atoms with Crippen LogP contribution < -0.4 is 10.6 Å². The van der Waals surface area contributed by atoms with Crippen LogP contribution in [0.15, 0.2) is 12.1 Å². The first-order valence-corrected chi connectivity index (χ1v) is 5.29. The smallest absolute Gasteiger partial charge is 0.251 e. The van der Waals surface area contributed by atoms with Crippen molar-refractivity contribution in [2.24, 2.45) is 0 Å². The van der Waals surface area contributed by atoms with Gasteiger partial charge in [-0.15, -0.1) is 10.2 Å². The van der Waals surface area contributed by atoms with Crippen LogP contribution in [0.5, 0.6) is 0 Å². The molecule has 7 nitrogen and oxygen atoms in total. The van der Waals surface area contributed by atoms with Crippen molar-refractivity contribution in [3.05, 3.63) is 35.2 Å². The molecule has 0 fully saturated rings. The Morgan fingerprint density at radius 2 is 2.05 bits per heavy atom. The SMILES string of the molecule is CNc1c(F)cc(C(=O)NCc2nn[nH]n2)cc1F. The van der Waals surface area contributed by atoms with Gasteiger partial charge in [-0.3, -0.25) is 4.79 Å². The normalized spacial score (nSPS) is 10.3. The Bertz CT molecular complexity index is 563. The number of carbonyl (C=O) groups is 1. The van der Waals surface area contributed by atoms with E-state index in [2.05, 4.69) is 31.3 Å². The molecule has 3 N–H and O–H groups in total. The average molecular weight is 268 g/mol. The Balaban J connectivity index is 2.11. The van der Waals surface area contributed by atoms with E-state index in [1.165, 1.54) is 7.05 Å². The van der Waals surface area contributed by atoms with Gasteiger partial charge in [-0.2, -0.15) is 5.21 Å². The minimum Gasteiger partial charge on any atom is -0.383 e. The van der Waals surface area contributed by atoms with E-state index in [1.807, 2.05) is 0 Å². The average Bonchev–Trinajstić information content (AvgIpc) is 2.88. The number of benzene rings is 1. The van der Waals surface area contributed by atoms with Gasteiger partial charge < -0.3 is 10.6 Å². The summed E-state index contributed by atoms with van der Waals surface area (Å²) >= 11 is 0. The van der Waals surface area contributed by atoms with Crippen molar-refractivity contribution in [2.75, 3.05) is 12.4 Å². The maximum absolute atomic E-state index is 13.5. The second-order valence-corrected chi connectivity index (χ2v) is 3.58. The third kappa shape index (κ3) is 2.81. The van der Waals surface area contributed by atoms with Crippen molar-refractivity contribution in [3.8, 4) is 0 Å². The number of aromatic amines is 1. The Hall–Kier alpha value is -2.58. The van der Waals surface area contributed by atoms with Gasteiger partial charge in [0.05, 0.1) is 6.54 Å². The number of hydrogen-bond acceptors (Lipinski definition) is 5. The number of carbonyl (C=O) groups excluding carboxylic acids is 1. The predicted octanol–water partition coefficient (Wildman–Crippen LogP) is 0.450. The monoisotopic (exact) mass is 268 g/mol. The molecule has 0 saturated carbocycles. The molecule has 1 amide bonds. The number of amides is 1. The summed E-state index contributed by atoms with van der Waals surface area (Å²) in [5.74, 6) is -2.05. The van der Waals surface area contributed by atoms with Gasteiger partial charge in [-0.05, 0) is 12.1 Å². The van der Waals surface area contributed by atoms with Crippen molar-refractivity contribution < 1.29 is 13.6 Å². The Morgan fingerprint density at radius 3 is 2.58 bits per heavy atom. The minimum absolute atomic E-state index is 0.00630. The zero-order valence-corrected chi connectivity index (χ0v) is 9.87. The van der Waals surface area contributed by atoms with Gasteiger partial charge in [0.1, 0.15) is 17.3 Å². The van der Waals surface area contributed by atoms with E-state index in [0.29, 0.717) is 0 Å². The molecule has 0 aliphatic heterocycles. The Morgan fingerprint density at radius 1 is 1.37 bits per heavy atom. The molecule has 0 spiro atoms. The summed E-state index contributed by atoms with van der Waals surface area (Å²) in [7, 11) is 1.39. The van der Waals surface area contributed by atoms with Gasteiger partial charge in [0.25, 0.3) is 5.91 Å². The van der Waals surface area contributed by atoms with Crippen LogP contribution in [0.4, 0.5) is 14.5 Å². The number of H-pyrrole nitrogens is 1. The first kappa shape index (κ1) is 12.9. The number of anilines is 1. The molecule has 0 aliphatic rings. The lowest BCUT2D eigenvalue weighted by atomic mass is 10.1. The van der Waals surface area contributed by atoms with Crippen molar-refractivity contribution in [2.45, 2.75) is 6.54 Å². The fourth-order valence-electron chi connectivity index (χ4n) is 1.46. The molecule has 1 aromatic heterocycles. The summed E-state index contributed by atoms with van der Waals surface area (Å²) in [4.78, 5) is 11.7. The number of nitrogens with zero attached hydrogens (tertiary/aromatic N) is 3. The van der Waals surface area contributed by atoms with Gasteiger partial charge in [0.2, 0.25) is 0 Å². The molecule has 0 aliphatic carbocycles. The summed E-state index contributed by atoms with van der Waals surface area (Å²) in [5.41, 5.74) is -0.410. The van der Waals surface area contributed by atoms with Crippen molar-refractivity contribution in [1.82, 2.24) is 25.9 Å². The highest BCUT2D eigenvalue weighted by molar-refractivity contribution is 5.94. The topological polar surface area (TPSA) is 95.6 Å². The Labute approximate surface area is 106 Å². The number of hydrogen-bond donors (Lipinski definition) is 3. The largest absolute Gasteiger partial charge is 0.383 e. The van der Waals surface area contributed by atoms with Crippen LogP contribution in [0, 0.1) is 11.6 Å². The number of tetrazole rings is 1. The molecule has 2 aromatic rings. The minimum atomic E-state index is -0.841. The van der Waals surface area contributed by atoms with E-state index >= 15 is 0 Å². The fourth-order valence-corrected chi connectivity index (χ4v) is 1.46. The highest BCUT2D eigenvalue weighted by atomic mass is 19.1. The van der Waals surface area contributed by atoms with Crippen LogP contribution in [0.1, 0.15) is 16.2 Å². The lowest BCUT2D eigenvalue weighted by Gasteiger charge is -2.07. The van der Waals surface area contributed by atoms with E-state index in [1.54, 1.807) is 0 Å². The highest BCUT2D eigenvalue weighted by Gasteiger charge is 2.14. The third-order valence-corrected chi connectivity index (χ3v) is 2.35. The molecular weight excluding hydrogens is 258 g/mol. The number of halogens is 2. The second kappa shape index (κ2) is 5.38. The molecule has 1 heterocycles. The van der Waals surface area contributed by atoms with Crippen molar-refractivity contribution >= 4 is 11.6 Å². The van der Waals surface area contributed by atoms with E-state index < -0.39 is 17.5 Å². The third-order valence-electron chi connectivity index (χ3n) is 2.35.